The summed E-state index contributed by atoms with van der Waals surface area (Å²) < 4.78 is 5.87. The number of rotatable bonds is 9. The molecule has 0 bridgehead atoms. The summed E-state index contributed by atoms with van der Waals surface area (Å²) in [6, 6.07) is 21.4. The predicted octanol–water partition coefficient (Wildman–Crippen LogP) is 4.58. The molecule has 0 saturated heterocycles. The number of hydrogen-bond donors (Lipinski definition) is 1. The Morgan fingerprint density at radius 3 is 2.12 bits per heavy atom. The molecule has 0 aliphatic carbocycles. The van der Waals surface area contributed by atoms with E-state index in [4.69, 9.17) is 4.74 Å². The maximum absolute atomic E-state index is 5.87. The van der Waals surface area contributed by atoms with Crippen LogP contribution in [0.15, 0.2) is 73.2 Å². The van der Waals surface area contributed by atoms with Gasteiger partial charge in [0, 0.05) is 31.0 Å². The van der Waals surface area contributed by atoms with Crippen LogP contribution in [0.2, 0.25) is 0 Å². The summed E-state index contributed by atoms with van der Waals surface area (Å²) in [4.78, 5) is 7.15. The molecule has 1 heterocycles. The van der Waals surface area contributed by atoms with E-state index in [1.807, 2.05) is 6.20 Å². The van der Waals surface area contributed by atoms with Gasteiger partial charge in [0.15, 0.2) is 0 Å². The first-order valence-electron chi connectivity index (χ1n) is 8.58. The molecule has 0 spiro atoms. The summed E-state index contributed by atoms with van der Waals surface area (Å²) in [7, 11) is 0. The molecule has 124 valence electrons. The maximum Gasteiger partial charge on any atom is 0.0921 e. The summed E-state index contributed by atoms with van der Waals surface area (Å²) >= 11 is 0. The Balaban J connectivity index is 1.49. The first-order chi connectivity index (χ1) is 11.9. The van der Waals surface area contributed by atoms with Crippen LogP contribution >= 0.6 is 0 Å². The molecule has 0 radical (unpaired) electrons. The smallest absolute Gasteiger partial charge is 0.0921 e. The second-order valence-corrected chi connectivity index (χ2v) is 5.96. The molecule has 1 N–H and O–H groups in total. The fraction of sp³-hybridized carbons (Fsp3) is 0.286. The molecule has 3 rings (SSSR count). The lowest BCUT2D eigenvalue weighted by Gasteiger charge is -2.18. The van der Waals surface area contributed by atoms with Crippen molar-refractivity contribution in [1.29, 1.82) is 0 Å². The molecule has 24 heavy (non-hydrogen) atoms. The van der Waals surface area contributed by atoms with Crippen LogP contribution in [0, 0.1) is 0 Å². The number of aromatic amines is 1. The Kier molecular flexibility index (Phi) is 6.20. The van der Waals surface area contributed by atoms with Gasteiger partial charge < -0.3 is 9.72 Å². The number of aryl methyl sites for hydroxylation is 1. The van der Waals surface area contributed by atoms with Crippen LogP contribution in [0.1, 0.15) is 35.6 Å². The number of aromatic nitrogens is 2. The number of hydrogen-bond acceptors (Lipinski definition) is 2. The minimum Gasteiger partial charge on any atom is -0.381 e. The SMILES string of the molecule is c1ccc(C(CCOCCCc2cnc[nH]2)c2ccccc2)cc1. The Hall–Kier alpha value is -2.39. The Bertz CT molecular complexity index is 641. The largest absolute Gasteiger partial charge is 0.381 e. The third kappa shape index (κ3) is 4.80. The lowest BCUT2D eigenvalue weighted by atomic mass is 9.89. The molecular weight excluding hydrogens is 296 g/mol. The third-order valence-corrected chi connectivity index (χ3v) is 4.24. The molecule has 3 heteroatoms. The van der Waals surface area contributed by atoms with Crippen molar-refractivity contribution >= 4 is 0 Å². The van der Waals surface area contributed by atoms with Gasteiger partial charge in [0.1, 0.15) is 0 Å². The summed E-state index contributed by atoms with van der Waals surface area (Å²) in [5.41, 5.74) is 3.87. The van der Waals surface area contributed by atoms with Crippen molar-refractivity contribution in [3.8, 4) is 0 Å². The van der Waals surface area contributed by atoms with Crippen molar-refractivity contribution in [2.75, 3.05) is 13.2 Å². The van der Waals surface area contributed by atoms with E-state index in [0.29, 0.717) is 5.92 Å². The molecular formula is C21H24N2O. The van der Waals surface area contributed by atoms with Gasteiger partial charge in [-0.05, 0) is 30.4 Å². The van der Waals surface area contributed by atoms with E-state index in [1.165, 1.54) is 16.8 Å². The highest BCUT2D eigenvalue weighted by molar-refractivity contribution is 5.32. The van der Waals surface area contributed by atoms with E-state index in [2.05, 4.69) is 70.6 Å². The molecule has 3 nitrogen and oxygen atoms in total. The first kappa shape index (κ1) is 16.5. The normalized spacial score (nSPS) is 11.0. The van der Waals surface area contributed by atoms with Crippen molar-refractivity contribution < 1.29 is 4.74 Å². The van der Waals surface area contributed by atoms with Gasteiger partial charge in [0.2, 0.25) is 0 Å². The zero-order valence-electron chi connectivity index (χ0n) is 13.9. The summed E-state index contributed by atoms with van der Waals surface area (Å²) in [5, 5.41) is 0. The molecule has 0 amide bonds. The van der Waals surface area contributed by atoms with E-state index in [9.17, 15) is 0 Å². The second-order valence-electron chi connectivity index (χ2n) is 5.96. The van der Waals surface area contributed by atoms with Gasteiger partial charge in [-0.25, -0.2) is 4.98 Å². The third-order valence-electron chi connectivity index (χ3n) is 4.24. The zero-order valence-corrected chi connectivity index (χ0v) is 13.9. The van der Waals surface area contributed by atoms with Crippen LogP contribution in [0.25, 0.3) is 0 Å². The van der Waals surface area contributed by atoms with Crippen molar-refractivity contribution in [2.45, 2.75) is 25.2 Å². The number of ether oxygens (including phenoxy) is 1. The van der Waals surface area contributed by atoms with Gasteiger partial charge in [0.05, 0.1) is 6.33 Å². The molecule has 0 atom stereocenters. The lowest BCUT2D eigenvalue weighted by molar-refractivity contribution is 0.127. The van der Waals surface area contributed by atoms with Crippen LogP contribution < -0.4 is 0 Å². The average molecular weight is 320 g/mol. The van der Waals surface area contributed by atoms with E-state index in [-0.39, 0.29) is 0 Å². The minimum atomic E-state index is 0.389. The van der Waals surface area contributed by atoms with Gasteiger partial charge in [0.25, 0.3) is 0 Å². The Labute approximate surface area is 143 Å². The highest BCUT2D eigenvalue weighted by Crippen LogP contribution is 2.27. The molecule has 0 unspecified atom stereocenters. The molecule has 0 aliphatic rings. The average Bonchev–Trinajstić information content (AvgIpc) is 3.16. The van der Waals surface area contributed by atoms with E-state index in [0.717, 1.165) is 32.5 Å². The lowest BCUT2D eigenvalue weighted by Crippen LogP contribution is -2.07. The summed E-state index contributed by atoms with van der Waals surface area (Å²) in [6.07, 6.45) is 6.60. The van der Waals surface area contributed by atoms with Crippen molar-refractivity contribution in [2.24, 2.45) is 0 Å². The summed E-state index contributed by atoms with van der Waals surface area (Å²) in [5.74, 6) is 0.389. The topological polar surface area (TPSA) is 37.9 Å². The molecule has 0 aliphatic heterocycles. The van der Waals surface area contributed by atoms with Crippen molar-refractivity contribution in [3.05, 3.63) is 90.0 Å². The second kappa shape index (κ2) is 9.04. The van der Waals surface area contributed by atoms with Crippen LogP contribution in [-0.2, 0) is 11.2 Å². The Morgan fingerprint density at radius 2 is 1.54 bits per heavy atom. The molecule has 1 aromatic heterocycles. The molecule has 0 fully saturated rings. The van der Waals surface area contributed by atoms with Crippen molar-refractivity contribution in [3.63, 3.8) is 0 Å². The van der Waals surface area contributed by atoms with Crippen LogP contribution in [-0.4, -0.2) is 23.2 Å². The molecule has 2 aromatic carbocycles. The fourth-order valence-electron chi connectivity index (χ4n) is 2.99. The van der Waals surface area contributed by atoms with Crippen molar-refractivity contribution in [1.82, 2.24) is 9.97 Å². The minimum absolute atomic E-state index is 0.389. The van der Waals surface area contributed by atoms with E-state index in [1.54, 1.807) is 6.33 Å². The van der Waals surface area contributed by atoms with E-state index >= 15 is 0 Å². The number of benzene rings is 2. The number of imidazole rings is 1. The summed E-state index contributed by atoms with van der Waals surface area (Å²) in [6.45, 7) is 1.56. The highest BCUT2D eigenvalue weighted by atomic mass is 16.5. The number of nitrogens with one attached hydrogen (secondary N) is 1. The van der Waals surface area contributed by atoms with Crippen LogP contribution in [0.5, 0.6) is 0 Å². The monoisotopic (exact) mass is 320 g/mol. The molecule has 3 aromatic rings. The fourth-order valence-corrected chi connectivity index (χ4v) is 2.99. The first-order valence-corrected chi connectivity index (χ1v) is 8.58. The zero-order chi connectivity index (χ0) is 16.5. The van der Waals surface area contributed by atoms with Crippen LogP contribution in [0.3, 0.4) is 0 Å². The van der Waals surface area contributed by atoms with Gasteiger partial charge in [-0.3, -0.25) is 0 Å². The number of nitrogens with zero attached hydrogens (tertiary/aromatic N) is 1. The van der Waals surface area contributed by atoms with Gasteiger partial charge in [-0.15, -0.1) is 0 Å². The van der Waals surface area contributed by atoms with Gasteiger partial charge in [-0.2, -0.15) is 0 Å². The Morgan fingerprint density at radius 1 is 0.875 bits per heavy atom. The number of H-pyrrole nitrogens is 1. The van der Waals surface area contributed by atoms with Gasteiger partial charge >= 0.3 is 0 Å². The van der Waals surface area contributed by atoms with Gasteiger partial charge in [-0.1, -0.05) is 60.7 Å². The highest BCUT2D eigenvalue weighted by Gasteiger charge is 2.13. The standard InChI is InChI=1S/C21H24N2O/c1-3-8-18(9-4-1)21(19-10-5-2-6-11-19)13-15-24-14-7-12-20-16-22-17-23-20/h1-6,8-11,16-17,21H,7,12-15H2,(H,22,23). The quantitative estimate of drug-likeness (QED) is 0.586. The predicted molar refractivity (Wildman–Crippen MR) is 97.1 cm³/mol. The van der Waals surface area contributed by atoms with E-state index < -0.39 is 0 Å². The maximum atomic E-state index is 5.87. The van der Waals surface area contributed by atoms with Crippen LogP contribution in [0.4, 0.5) is 0 Å². The molecule has 0 saturated carbocycles.